The van der Waals surface area contributed by atoms with Gasteiger partial charge in [0.15, 0.2) is 15.7 Å². The molecule has 0 bridgehead atoms. The molecule has 44 heavy (non-hydrogen) atoms. The van der Waals surface area contributed by atoms with Gasteiger partial charge in [0.05, 0.1) is 29.8 Å². The maximum Gasteiger partial charge on any atom is 0.281 e. The number of benzene rings is 2. The molecule has 2 aliphatic rings. The fourth-order valence-corrected chi connectivity index (χ4v) is 5.51. The number of nitrogens with one attached hydrogen (secondary N) is 2. The largest absolute Gasteiger partial charge is 0.394 e. The highest BCUT2D eigenvalue weighted by Crippen LogP contribution is 2.44. The second-order valence-electron chi connectivity index (χ2n) is 11.5. The fraction of sp³-hybridized carbons (Fsp3) is 0.423. The predicted octanol–water partition coefficient (Wildman–Crippen LogP) is -6.53. The molecule has 234 valence electrons. The maximum atomic E-state index is 13.6. The van der Waals surface area contributed by atoms with Crippen LogP contribution in [0.5, 0.6) is 0 Å². The lowest BCUT2D eigenvalue weighted by Crippen LogP contribution is -2.73. The van der Waals surface area contributed by atoms with Crippen LogP contribution < -0.4 is 10.6 Å². The summed E-state index contributed by atoms with van der Waals surface area (Å²) in [5, 5.41) is 82.7. The van der Waals surface area contributed by atoms with E-state index in [2.05, 4.69) is 10.6 Å². The van der Waals surface area contributed by atoms with Crippen LogP contribution in [-0.2, 0) is 31.8 Å². The number of hydrogen-bond acceptors (Lipinski definition) is 13. The lowest BCUT2D eigenvalue weighted by molar-refractivity contribution is -0.270. The van der Waals surface area contributed by atoms with Crippen molar-refractivity contribution in [3.63, 3.8) is 0 Å². The number of aldehydes is 1. The number of fused-ring (bicyclic) bond motifs is 1. The van der Waals surface area contributed by atoms with Crippen LogP contribution in [0.4, 0.5) is 5.69 Å². The molecular weight excluding hydrogens is 577 g/mol. The molecule has 0 radical (unpaired) electrons. The lowest BCUT2D eigenvalue weighted by atomic mass is 9.55. The third kappa shape index (κ3) is 5.53. The zero-order chi connectivity index (χ0) is 32.9. The Kier molecular flexibility index (Phi) is 8.82. The van der Waals surface area contributed by atoms with E-state index in [0.717, 1.165) is 22.7 Å². The van der Waals surface area contributed by atoms with Gasteiger partial charge in [0.2, 0.25) is 5.91 Å². The van der Waals surface area contributed by atoms with Gasteiger partial charge in [0, 0.05) is 31.4 Å². The fourth-order valence-electron chi connectivity index (χ4n) is 5.51. The Morgan fingerprint density at radius 1 is 1.02 bits per heavy atom. The van der Waals surface area contributed by atoms with Gasteiger partial charge in [-0.2, -0.15) is 0 Å². The number of ether oxygens (including phenoxy) is 1. The molecule has 2 aromatic rings. The van der Waals surface area contributed by atoms with Crippen molar-refractivity contribution in [2.24, 2.45) is 0 Å². The highest BCUT2D eigenvalue weighted by Gasteiger charge is 2.62. The first-order chi connectivity index (χ1) is 20.3. The lowest BCUT2D eigenvalue weighted by Gasteiger charge is -2.46. The van der Waals surface area contributed by atoms with E-state index in [1.165, 1.54) is 36.4 Å². The number of aliphatic hydroxyl groups is 7. The zero-order valence-corrected chi connectivity index (χ0v) is 24.7. The molecule has 9 N–H and O–H groups in total. The summed E-state index contributed by atoms with van der Waals surface area (Å²) < 4.78 is 5.34. The molecule has 0 spiro atoms. The standard InChI is InChI=1S/C26H35B3N4O11/c1-30-20(35)19(23(28,38)22(27,37)13-34)33-21(36)16-6-3-7-17(18(16)26(33,42)43)31-25(40,41)15-5-2-4-14(12-15)24(29,39)32-8-10-44-11-9-32/h2-7,12-13,19,31,37-43H,8-11,27-29H2,1H3,(H,30,35). The average molecular weight is 612 g/mol. The van der Waals surface area contributed by atoms with E-state index in [1.54, 1.807) is 18.8 Å². The van der Waals surface area contributed by atoms with Gasteiger partial charge in [0.1, 0.15) is 31.3 Å². The summed E-state index contributed by atoms with van der Waals surface area (Å²) in [6, 6.07) is 7.21. The number of anilines is 1. The maximum absolute atomic E-state index is 13.6. The quantitative estimate of drug-likeness (QED) is 0.0692. The SMILES string of the molecule is BC(O)(c1cccc(C(O)(O)Nc2cccc3c2C(O)(O)N(C(C(=O)NC)C(B)(O)C(B)(O)C=O)C3=O)c1)N1CCOCC1. The monoisotopic (exact) mass is 612 g/mol. The minimum Gasteiger partial charge on any atom is -0.394 e. The van der Waals surface area contributed by atoms with E-state index < -0.39 is 57.4 Å². The minimum atomic E-state index is -3.38. The van der Waals surface area contributed by atoms with Gasteiger partial charge >= 0.3 is 0 Å². The van der Waals surface area contributed by atoms with E-state index in [0.29, 0.717) is 31.9 Å². The molecular formula is C26H35B3N4O11. The molecule has 4 unspecified atom stereocenters. The zero-order valence-electron chi connectivity index (χ0n) is 24.7. The van der Waals surface area contributed by atoms with Crippen molar-refractivity contribution in [3.8, 4) is 0 Å². The highest BCUT2D eigenvalue weighted by molar-refractivity contribution is 6.33. The molecule has 1 saturated heterocycles. The molecule has 0 saturated carbocycles. The first kappa shape index (κ1) is 33.6. The summed E-state index contributed by atoms with van der Waals surface area (Å²) >= 11 is 0. The molecule has 2 aromatic carbocycles. The number of nitrogens with zero attached hydrogens (tertiary/aromatic N) is 2. The molecule has 2 amide bonds. The van der Waals surface area contributed by atoms with Crippen molar-refractivity contribution in [3.05, 3.63) is 64.7 Å². The van der Waals surface area contributed by atoms with Crippen LogP contribution in [0.25, 0.3) is 0 Å². The van der Waals surface area contributed by atoms with Gasteiger partial charge in [0.25, 0.3) is 17.7 Å². The topological polar surface area (TPSA) is 233 Å². The highest BCUT2D eigenvalue weighted by atomic mass is 16.5. The van der Waals surface area contributed by atoms with Crippen molar-refractivity contribution >= 4 is 47.3 Å². The molecule has 4 rings (SSSR count). The number of amides is 2. The molecule has 1 fully saturated rings. The molecule has 4 atom stereocenters. The summed E-state index contributed by atoms with van der Waals surface area (Å²) in [6.45, 7) is 1.67. The van der Waals surface area contributed by atoms with E-state index in [1.807, 2.05) is 0 Å². The van der Waals surface area contributed by atoms with Crippen molar-refractivity contribution in [2.75, 3.05) is 38.7 Å². The molecule has 0 aliphatic carbocycles. The number of likely N-dealkylation sites (N-methyl/N-ethyl adjacent to an activating group) is 1. The van der Waals surface area contributed by atoms with E-state index in [4.69, 9.17) is 4.74 Å². The molecule has 15 nitrogen and oxygen atoms in total. The second-order valence-corrected chi connectivity index (χ2v) is 11.5. The minimum absolute atomic E-state index is 0.0591. The smallest absolute Gasteiger partial charge is 0.281 e. The predicted molar refractivity (Wildman–Crippen MR) is 161 cm³/mol. The van der Waals surface area contributed by atoms with Crippen LogP contribution in [0.3, 0.4) is 0 Å². The summed E-state index contributed by atoms with van der Waals surface area (Å²) in [5.74, 6) is -8.63. The van der Waals surface area contributed by atoms with Crippen LogP contribution >= 0.6 is 0 Å². The summed E-state index contributed by atoms with van der Waals surface area (Å²) in [4.78, 5) is 40.1. The van der Waals surface area contributed by atoms with Crippen molar-refractivity contribution in [1.29, 1.82) is 0 Å². The normalized spacial score (nSPS) is 21.7. The van der Waals surface area contributed by atoms with Crippen LogP contribution in [0.1, 0.15) is 27.0 Å². The number of morpholine rings is 1. The Bertz CT molecular complexity index is 1450. The third-order valence-electron chi connectivity index (χ3n) is 8.47. The first-order valence-corrected chi connectivity index (χ1v) is 13.8. The number of hydrogen-bond donors (Lipinski definition) is 9. The van der Waals surface area contributed by atoms with Crippen LogP contribution in [0.15, 0.2) is 42.5 Å². The number of carbonyl (C=O) groups excluding carboxylic acids is 3. The Morgan fingerprint density at radius 3 is 2.20 bits per heavy atom. The van der Waals surface area contributed by atoms with Gasteiger partial charge in [-0.25, -0.2) is 0 Å². The van der Waals surface area contributed by atoms with E-state index in [-0.39, 0.29) is 22.4 Å². The molecule has 18 heteroatoms. The third-order valence-corrected chi connectivity index (χ3v) is 8.47. The van der Waals surface area contributed by atoms with Gasteiger partial charge in [-0.15, -0.1) is 0 Å². The van der Waals surface area contributed by atoms with Gasteiger partial charge in [-0.05, 0) is 23.8 Å². The van der Waals surface area contributed by atoms with Gasteiger partial charge in [-0.3, -0.25) is 19.4 Å². The summed E-state index contributed by atoms with van der Waals surface area (Å²) in [6.07, 6.45) is -0.0591. The Hall–Kier alpha value is -3.32. The van der Waals surface area contributed by atoms with E-state index >= 15 is 0 Å². The Morgan fingerprint density at radius 2 is 1.61 bits per heavy atom. The summed E-state index contributed by atoms with van der Waals surface area (Å²) in [5.41, 5.74) is -8.10. The second kappa shape index (κ2) is 11.6. The number of rotatable bonds is 10. The Labute approximate surface area is 255 Å². The van der Waals surface area contributed by atoms with Crippen molar-refractivity contribution < 1.29 is 54.9 Å². The van der Waals surface area contributed by atoms with Crippen LogP contribution in [0.2, 0.25) is 0 Å². The van der Waals surface area contributed by atoms with Crippen LogP contribution in [0, 0.1) is 0 Å². The van der Waals surface area contributed by atoms with Crippen LogP contribution in [-0.4, -0.2) is 138 Å². The van der Waals surface area contributed by atoms with Crippen molar-refractivity contribution in [2.45, 2.75) is 34.5 Å². The molecule has 0 aromatic heterocycles. The Balaban J connectivity index is 1.75. The number of carbonyl (C=O) groups is 3. The van der Waals surface area contributed by atoms with E-state index in [9.17, 15) is 50.1 Å². The summed E-state index contributed by atoms with van der Waals surface area (Å²) in [7, 11) is 4.44. The van der Waals surface area contributed by atoms with Gasteiger partial charge < -0.3 is 55.9 Å². The average Bonchev–Trinajstić information content (AvgIpc) is 3.18. The first-order valence-electron chi connectivity index (χ1n) is 13.8. The molecule has 2 heterocycles. The van der Waals surface area contributed by atoms with Crippen molar-refractivity contribution in [1.82, 2.24) is 15.1 Å². The van der Waals surface area contributed by atoms with Gasteiger partial charge in [-0.1, -0.05) is 24.3 Å². The molecule has 2 aliphatic heterocycles.